The quantitative estimate of drug-likeness (QED) is 0.733. The standard InChI is InChI=1S/C14H8N4O2/c1-5-17-13(9-3-7-19-11(1)9)16-18-6-2-12-10(4-8-20-12)14(18)15-17/h1-8H. The van der Waals surface area contributed by atoms with Crippen molar-refractivity contribution < 1.29 is 8.83 Å². The molecule has 0 bridgehead atoms. The van der Waals surface area contributed by atoms with Gasteiger partial charge in [0.25, 0.3) is 0 Å². The first-order valence-electron chi connectivity index (χ1n) is 6.18. The third-order valence-electron chi connectivity index (χ3n) is 3.45. The van der Waals surface area contributed by atoms with Crippen molar-refractivity contribution in [1.82, 2.24) is 10.0 Å². The summed E-state index contributed by atoms with van der Waals surface area (Å²) in [6.45, 7) is 0. The molecule has 0 saturated carbocycles. The van der Waals surface area contributed by atoms with Gasteiger partial charge in [-0.1, -0.05) is 0 Å². The maximum absolute atomic E-state index is 5.39. The monoisotopic (exact) mass is 264 g/mol. The minimum absolute atomic E-state index is 0.747. The second kappa shape index (κ2) is 3.30. The number of hydrogen-bond donors (Lipinski definition) is 0. The molecule has 0 fully saturated rings. The largest absolute Gasteiger partial charge is 0.464 e. The van der Waals surface area contributed by atoms with Crippen LogP contribution in [0.5, 0.6) is 0 Å². The highest BCUT2D eigenvalue weighted by Crippen LogP contribution is 2.29. The molecule has 0 radical (unpaired) electrons. The lowest BCUT2D eigenvalue weighted by Crippen LogP contribution is -2.38. The van der Waals surface area contributed by atoms with Gasteiger partial charge in [0.1, 0.15) is 11.5 Å². The molecule has 0 atom stereocenters. The van der Waals surface area contributed by atoms with E-state index in [-0.39, 0.29) is 0 Å². The van der Waals surface area contributed by atoms with Crippen LogP contribution in [0.1, 0.15) is 22.6 Å². The summed E-state index contributed by atoms with van der Waals surface area (Å²) in [6, 6.07) is 3.78. The Morgan fingerprint density at radius 1 is 0.750 bits per heavy atom. The fourth-order valence-electron chi connectivity index (χ4n) is 2.50. The summed E-state index contributed by atoms with van der Waals surface area (Å²) in [5.41, 5.74) is 1.86. The van der Waals surface area contributed by atoms with Crippen molar-refractivity contribution in [2.75, 3.05) is 0 Å². The van der Waals surface area contributed by atoms with Gasteiger partial charge in [-0.3, -0.25) is 0 Å². The van der Waals surface area contributed by atoms with Crippen LogP contribution in [0.25, 0.3) is 12.2 Å². The van der Waals surface area contributed by atoms with Gasteiger partial charge in [0.2, 0.25) is 0 Å². The zero-order chi connectivity index (χ0) is 13.1. The number of amidine groups is 2. The van der Waals surface area contributed by atoms with Gasteiger partial charge in [-0.05, 0) is 24.3 Å². The zero-order valence-electron chi connectivity index (χ0n) is 10.2. The lowest BCUT2D eigenvalue weighted by molar-refractivity contribution is 0.478. The molecule has 0 unspecified atom stereocenters. The molecule has 6 nitrogen and oxygen atoms in total. The van der Waals surface area contributed by atoms with Crippen LogP contribution in [0.15, 0.2) is 56.1 Å². The Bertz CT molecular complexity index is 767. The molecule has 0 saturated heterocycles. The van der Waals surface area contributed by atoms with E-state index >= 15 is 0 Å². The van der Waals surface area contributed by atoms with Crippen LogP contribution in [0, 0.1) is 0 Å². The number of rotatable bonds is 0. The van der Waals surface area contributed by atoms with Crippen molar-refractivity contribution in [3.8, 4) is 0 Å². The number of hydrogen-bond acceptors (Lipinski definition) is 6. The SMILES string of the molecule is C1=CN2N=C3c4ccoc4C=CN3N=C2c2ccoc21. The number of fused-ring (bicyclic) bond motifs is 6. The molecule has 0 N–H and O–H groups in total. The highest BCUT2D eigenvalue weighted by atomic mass is 16.3. The summed E-state index contributed by atoms with van der Waals surface area (Å²) in [6.07, 6.45) is 10.7. The fraction of sp³-hybridized carbons (Fsp3) is 0. The van der Waals surface area contributed by atoms with Crippen LogP contribution in [0.2, 0.25) is 0 Å². The third kappa shape index (κ3) is 1.13. The molecule has 3 aliphatic heterocycles. The van der Waals surface area contributed by atoms with E-state index in [2.05, 4.69) is 10.2 Å². The van der Waals surface area contributed by atoms with E-state index in [1.165, 1.54) is 0 Å². The number of nitrogens with zero attached hydrogens (tertiary/aromatic N) is 4. The molecule has 3 aliphatic rings. The molecule has 0 spiro atoms. The Kier molecular flexibility index (Phi) is 1.62. The van der Waals surface area contributed by atoms with Crippen molar-refractivity contribution in [1.29, 1.82) is 0 Å². The lowest BCUT2D eigenvalue weighted by Gasteiger charge is -2.30. The first-order valence-corrected chi connectivity index (χ1v) is 6.18. The molecule has 6 heteroatoms. The summed E-state index contributed by atoms with van der Waals surface area (Å²) in [4.78, 5) is 0. The van der Waals surface area contributed by atoms with Gasteiger partial charge >= 0.3 is 0 Å². The van der Waals surface area contributed by atoms with Crippen LogP contribution in [0.4, 0.5) is 0 Å². The molecule has 0 amide bonds. The van der Waals surface area contributed by atoms with E-state index < -0.39 is 0 Å². The topological polar surface area (TPSA) is 57.5 Å². The zero-order valence-corrected chi connectivity index (χ0v) is 10.2. The molecule has 0 aliphatic carbocycles. The number of furan rings is 2. The molecule has 96 valence electrons. The van der Waals surface area contributed by atoms with Gasteiger partial charge in [-0.15, -0.1) is 10.2 Å². The maximum Gasteiger partial charge on any atom is 0.185 e. The maximum atomic E-state index is 5.39. The van der Waals surface area contributed by atoms with E-state index in [1.54, 1.807) is 22.5 Å². The van der Waals surface area contributed by atoms with Gasteiger partial charge in [0.15, 0.2) is 11.7 Å². The second-order valence-corrected chi connectivity index (χ2v) is 4.56. The molecule has 0 aromatic carbocycles. The third-order valence-corrected chi connectivity index (χ3v) is 3.45. The molecular weight excluding hydrogens is 256 g/mol. The highest BCUT2D eigenvalue weighted by molar-refractivity contribution is 6.10. The normalized spacial score (nSPS) is 18.0. The van der Waals surface area contributed by atoms with E-state index in [0.29, 0.717) is 0 Å². The van der Waals surface area contributed by atoms with Crippen molar-refractivity contribution >= 4 is 23.8 Å². The fourth-order valence-corrected chi connectivity index (χ4v) is 2.50. The molecule has 5 heterocycles. The van der Waals surface area contributed by atoms with Crippen LogP contribution < -0.4 is 0 Å². The van der Waals surface area contributed by atoms with Crippen molar-refractivity contribution in [2.24, 2.45) is 10.2 Å². The smallest absolute Gasteiger partial charge is 0.185 e. The molecule has 2 aromatic heterocycles. The van der Waals surface area contributed by atoms with Gasteiger partial charge in [0.05, 0.1) is 23.7 Å². The van der Waals surface area contributed by atoms with E-state index in [9.17, 15) is 0 Å². The summed E-state index contributed by atoms with van der Waals surface area (Å²) in [5, 5.41) is 12.7. The van der Waals surface area contributed by atoms with Crippen molar-refractivity contribution in [2.45, 2.75) is 0 Å². The van der Waals surface area contributed by atoms with Crippen LogP contribution in [-0.4, -0.2) is 21.7 Å². The molecular formula is C14H8N4O2. The first kappa shape index (κ1) is 9.85. The summed E-state index contributed by atoms with van der Waals surface area (Å²) < 4.78 is 10.8. The Morgan fingerprint density at radius 3 is 1.75 bits per heavy atom. The van der Waals surface area contributed by atoms with Gasteiger partial charge in [0, 0.05) is 12.4 Å². The predicted octanol–water partition coefficient (Wildman–Crippen LogP) is 2.48. The highest BCUT2D eigenvalue weighted by Gasteiger charge is 2.30. The second-order valence-electron chi connectivity index (χ2n) is 4.56. The summed E-state index contributed by atoms with van der Waals surface area (Å²) in [7, 11) is 0. The Balaban J connectivity index is 1.70. The summed E-state index contributed by atoms with van der Waals surface area (Å²) in [5.74, 6) is 3.08. The lowest BCUT2D eigenvalue weighted by atomic mass is 10.1. The Hall–Kier alpha value is -3.02. The van der Waals surface area contributed by atoms with Crippen LogP contribution in [-0.2, 0) is 0 Å². The van der Waals surface area contributed by atoms with Crippen molar-refractivity contribution in [3.63, 3.8) is 0 Å². The van der Waals surface area contributed by atoms with Crippen LogP contribution in [0.3, 0.4) is 0 Å². The Morgan fingerprint density at radius 2 is 1.25 bits per heavy atom. The summed E-state index contributed by atoms with van der Waals surface area (Å²) >= 11 is 0. The minimum Gasteiger partial charge on any atom is -0.464 e. The average Bonchev–Trinajstić information content (AvgIpc) is 3.13. The van der Waals surface area contributed by atoms with E-state index in [1.807, 2.05) is 36.7 Å². The van der Waals surface area contributed by atoms with E-state index in [4.69, 9.17) is 8.83 Å². The Labute approximate surface area is 113 Å². The van der Waals surface area contributed by atoms with Gasteiger partial charge < -0.3 is 8.83 Å². The molecule has 2 aromatic rings. The van der Waals surface area contributed by atoms with Crippen LogP contribution >= 0.6 is 0 Å². The molecule has 5 rings (SSSR count). The van der Waals surface area contributed by atoms with E-state index in [0.717, 1.165) is 34.3 Å². The minimum atomic E-state index is 0.747. The number of hydrazone groups is 2. The van der Waals surface area contributed by atoms with Gasteiger partial charge in [-0.2, -0.15) is 0 Å². The average molecular weight is 264 g/mol. The van der Waals surface area contributed by atoms with Crippen molar-refractivity contribution in [3.05, 3.63) is 59.7 Å². The molecule has 20 heavy (non-hydrogen) atoms. The predicted molar refractivity (Wildman–Crippen MR) is 72.2 cm³/mol. The first-order chi connectivity index (χ1) is 9.90. The van der Waals surface area contributed by atoms with Gasteiger partial charge in [-0.25, -0.2) is 10.0 Å².